The summed E-state index contributed by atoms with van der Waals surface area (Å²) in [6.07, 6.45) is 1.03. The van der Waals surface area contributed by atoms with Crippen molar-refractivity contribution in [1.82, 2.24) is 4.90 Å². The molecular formula is C14H18N2O. The van der Waals surface area contributed by atoms with Gasteiger partial charge in [0.2, 0.25) is 0 Å². The second kappa shape index (κ2) is 4.62. The van der Waals surface area contributed by atoms with Gasteiger partial charge in [0.05, 0.1) is 5.70 Å². The topological polar surface area (TPSA) is 23.6 Å². The lowest BCUT2D eigenvalue weighted by Crippen LogP contribution is -2.46. The smallest absolute Gasteiger partial charge is 0.269 e. The predicted octanol–water partition coefficient (Wildman–Crippen LogP) is 2.04. The van der Waals surface area contributed by atoms with Gasteiger partial charge in [-0.05, 0) is 24.1 Å². The molecule has 1 aliphatic heterocycles. The van der Waals surface area contributed by atoms with E-state index in [4.69, 9.17) is 0 Å². The van der Waals surface area contributed by atoms with E-state index in [1.807, 2.05) is 11.9 Å². The first-order valence-electron chi connectivity index (χ1n) is 5.94. The van der Waals surface area contributed by atoms with E-state index in [1.165, 1.54) is 5.56 Å². The highest BCUT2D eigenvalue weighted by Crippen LogP contribution is 2.22. The first kappa shape index (κ1) is 11.7. The number of carbonyl (C=O) groups is 1. The van der Waals surface area contributed by atoms with Crippen LogP contribution in [0.1, 0.15) is 12.5 Å². The van der Waals surface area contributed by atoms with E-state index in [1.54, 1.807) is 4.90 Å². The van der Waals surface area contributed by atoms with E-state index in [0.717, 1.165) is 25.2 Å². The zero-order valence-corrected chi connectivity index (χ0v) is 10.4. The zero-order chi connectivity index (χ0) is 12.4. The Hall–Kier alpha value is -1.77. The molecule has 0 spiro atoms. The third-order valence-electron chi connectivity index (χ3n) is 3.23. The molecule has 3 heteroatoms. The lowest BCUT2D eigenvalue weighted by atomic mass is 10.1. The highest BCUT2D eigenvalue weighted by Gasteiger charge is 2.25. The van der Waals surface area contributed by atoms with Crippen LogP contribution in [-0.2, 0) is 11.2 Å². The molecule has 0 aliphatic carbocycles. The van der Waals surface area contributed by atoms with Crippen LogP contribution < -0.4 is 4.90 Å². The maximum absolute atomic E-state index is 11.8. The van der Waals surface area contributed by atoms with Gasteiger partial charge in [0, 0.05) is 25.8 Å². The molecule has 90 valence electrons. The number of hydrogen-bond donors (Lipinski definition) is 0. The van der Waals surface area contributed by atoms with Crippen LogP contribution >= 0.6 is 0 Å². The fraction of sp³-hybridized carbons (Fsp3) is 0.357. The summed E-state index contributed by atoms with van der Waals surface area (Å²) < 4.78 is 0. The van der Waals surface area contributed by atoms with Gasteiger partial charge in [0.25, 0.3) is 5.91 Å². The number of benzene rings is 1. The van der Waals surface area contributed by atoms with Gasteiger partial charge >= 0.3 is 0 Å². The molecule has 17 heavy (non-hydrogen) atoms. The van der Waals surface area contributed by atoms with Crippen LogP contribution in [0.5, 0.6) is 0 Å². The molecule has 0 aromatic heterocycles. The maximum Gasteiger partial charge on any atom is 0.269 e. The van der Waals surface area contributed by atoms with E-state index in [9.17, 15) is 4.79 Å². The summed E-state index contributed by atoms with van der Waals surface area (Å²) in [6.45, 7) is 7.57. The number of rotatable bonds is 2. The van der Waals surface area contributed by atoms with Gasteiger partial charge < -0.3 is 9.80 Å². The molecule has 1 heterocycles. The molecule has 2 rings (SSSR count). The van der Waals surface area contributed by atoms with E-state index in [2.05, 4.69) is 37.8 Å². The Morgan fingerprint density at radius 3 is 2.47 bits per heavy atom. The number of anilines is 1. The normalized spacial score (nSPS) is 16.6. The van der Waals surface area contributed by atoms with E-state index >= 15 is 0 Å². The average molecular weight is 230 g/mol. The number of aryl methyl sites for hydroxylation is 1. The second-order valence-corrected chi connectivity index (χ2v) is 4.35. The predicted molar refractivity (Wildman–Crippen MR) is 69.9 cm³/mol. The van der Waals surface area contributed by atoms with Crippen molar-refractivity contribution >= 4 is 11.6 Å². The molecule has 1 aromatic rings. The van der Waals surface area contributed by atoms with Crippen LogP contribution in [0, 0.1) is 0 Å². The van der Waals surface area contributed by atoms with Gasteiger partial charge in [-0.15, -0.1) is 0 Å². The van der Waals surface area contributed by atoms with Crippen molar-refractivity contribution in [2.75, 3.05) is 25.0 Å². The molecule has 0 N–H and O–H groups in total. The first-order valence-corrected chi connectivity index (χ1v) is 5.94. The minimum absolute atomic E-state index is 0.0100. The molecule has 0 unspecified atom stereocenters. The monoisotopic (exact) mass is 230 g/mol. The van der Waals surface area contributed by atoms with Crippen molar-refractivity contribution in [3.8, 4) is 0 Å². The highest BCUT2D eigenvalue weighted by molar-refractivity contribution is 5.97. The summed E-state index contributed by atoms with van der Waals surface area (Å²) in [5, 5.41) is 0. The Balaban J connectivity index is 2.22. The third-order valence-corrected chi connectivity index (χ3v) is 3.23. The summed E-state index contributed by atoms with van der Waals surface area (Å²) in [4.78, 5) is 15.5. The summed E-state index contributed by atoms with van der Waals surface area (Å²) in [5.74, 6) is 0.0100. The highest BCUT2D eigenvalue weighted by atomic mass is 16.2. The molecule has 1 aromatic carbocycles. The van der Waals surface area contributed by atoms with Crippen LogP contribution in [0.15, 0.2) is 36.5 Å². The Bertz CT molecular complexity index is 436. The van der Waals surface area contributed by atoms with Crippen molar-refractivity contribution in [3.05, 3.63) is 42.1 Å². The van der Waals surface area contributed by atoms with Crippen molar-refractivity contribution in [2.24, 2.45) is 0 Å². The van der Waals surface area contributed by atoms with Crippen LogP contribution in [0.3, 0.4) is 0 Å². The SMILES string of the molecule is C=C1C(=O)N(C)CCN1c1ccc(CC)cc1. The largest absolute Gasteiger partial charge is 0.339 e. The molecule has 1 aliphatic rings. The first-order chi connectivity index (χ1) is 8.13. The Labute approximate surface area is 102 Å². The van der Waals surface area contributed by atoms with E-state index < -0.39 is 0 Å². The molecule has 0 saturated carbocycles. The Kier molecular flexibility index (Phi) is 3.18. The van der Waals surface area contributed by atoms with E-state index in [-0.39, 0.29) is 5.91 Å². The lowest BCUT2D eigenvalue weighted by Gasteiger charge is -2.35. The molecule has 0 bridgehead atoms. The Morgan fingerprint density at radius 2 is 1.88 bits per heavy atom. The quantitative estimate of drug-likeness (QED) is 0.726. The fourth-order valence-electron chi connectivity index (χ4n) is 2.02. The average Bonchev–Trinajstić information content (AvgIpc) is 2.36. The standard InChI is InChI=1S/C14H18N2O/c1-4-12-5-7-13(8-6-12)16-10-9-15(3)14(17)11(16)2/h5-8H,2,4,9-10H2,1,3H3. The third kappa shape index (κ3) is 2.18. The number of likely N-dealkylation sites (N-methyl/N-ethyl adjacent to an activating group) is 1. The summed E-state index contributed by atoms with van der Waals surface area (Å²) in [5.41, 5.74) is 2.91. The van der Waals surface area contributed by atoms with Crippen LogP contribution in [0.2, 0.25) is 0 Å². The Morgan fingerprint density at radius 1 is 1.24 bits per heavy atom. The number of carbonyl (C=O) groups excluding carboxylic acids is 1. The molecule has 1 amide bonds. The molecular weight excluding hydrogens is 212 g/mol. The molecule has 1 saturated heterocycles. The van der Waals surface area contributed by atoms with E-state index in [0.29, 0.717) is 5.70 Å². The molecule has 0 atom stereocenters. The summed E-state index contributed by atoms with van der Waals surface area (Å²) in [7, 11) is 1.81. The lowest BCUT2D eigenvalue weighted by molar-refractivity contribution is -0.126. The second-order valence-electron chi connectivity index (χ2n) is 4.35. The number of nitrogens with zero attached hydrogens (tertiary/aromatic N) is 2. The zero-order valence-electron chi connectivity index (χ0n) is 10.4. The maximum atomic E-state index is 11.8. The van der Waals surface area contributed by atoms with Crippen molar-refractivity contribution in [1.29, 1.82) is 0 Å². The molecule has 0 radical (unpaired) electrons. The molecule has 3 nitrogen and oxygen atoms in total. The molecule has 1 fully saturated rings. The summed E-state index contributed by atoms with van der Waals surface area (Å²) >= 11 is 0. The minimum atomic E-state index is 0.0100. The fourth-order valence-corrected chi connectivity index (χ4v) is 2.02. The van der Waals surface area contributed by atoms with Gasteiger partial charge in [0.15, 0.2) is 0 Å². The minimum Gasteiger partial charge on any atom is -0.339 e. The van der Waals surface area contributed by atoms with Crippen LogP contribution in [-0.4, -0.2) is 30.9 Å². The van der Waals surface area contributed by atoms with Gasteiger partial charge in [-0.2, -0.15) is 0 Å². The van der Waals surface area contributed by atoms with Crippen molar-refractivity contribution in [2.45, 2.75) is 13.3 Å². The van der Waals surface area contributed by atoms with Gasteiger partial charge in [-0.25, -0.2) is 0 Å². The summed E-state index contributed by atoms with van der Waals surface area (Å²) in [6, 6.07) is 8.32. The van der Waals surface area contributed by atoms with Gasteiger partial charge in [-0.1, -0.05) is 25.6 Å². The van der Waals surface area contributed by atoms with Gasteiger partial charge in [0.1, 0.15) is 0 Å². The van der Waals surface area contributed by atoms with Crippen LogP contribution in [0.4, 0.5) is 5.69 Å². The van der Waals surface area contributed by atoms with Gasteiger partial charge in [-0.3, -0.25) is 4.79 Å². The van der Waals surface area contributed by atoms with Crippen molar-refractivity contribution < 1.29 is 4.79 Å². The van der Waals surface area contributed by atoms with Crippen molar-refractivity contribution in [3.63, 3.8) is 0 Å². The number of hydrogen-bond acceptors (Lipinski definition) is 2. The number of amides is 1. The number of piperazine rings is 1. The van der Waals surface area contributed by atoms with Crippen LogP contribution in [0.25, 0.3) is 0 Å².